The third kappa shape index (κ3) is 4.61. The van der Waals surface area contributed by atoms with E-state index in [1.54, 1.807) is 25.3 Å². The van der Waals surface area contributed by atoms with E-state index in [9.17, 15) is 9.59 Å². The maximum atomic E-state index is 12.4. The SMILES string of the molecule is CCCN1CCC(NC(=O)c2ccc(OC)cc2Cl)CCC1=O. The van der Waals surface area contributed by atoms with Crippen LogP contribution >= 0.6 is 11.6 Å². The Bertz CT molecular complexity index is 577. The second-order valence-electron chi connectivity index (χ2n) is 5.72. The van der Waals surface area contributed by atoms with Crippen LogP contribution in [0.4, 0.5) is 0 Å². The molecule has 1 unspecified atom stereocenters. The third-order valence-corrected chi connectivity index (χ3v) is 4.37. The van der Waals surface area contributed by atoms with Crippen LogP contribution in [0.2, 0.25) is 5.02 Å². The summed E-state index contributed by atoms with van der Waals surface area (Å²) in [7, 11) is 1.55. The molecular weight excluding hydrogens is 316 g/mol. The number of hydrogen-bond acceptors (Lipinski definition) is 3. The van der Waals surface area contributed by atoms with Crippen LogP contribution in [0.25, 0.3) is 0 Å². The highest BCUT2D eigenvalue weighted by Gasteiger charge is 2.23. The Hall–Kier alpha value is -1.75. The maximum absolute atomic E-state index is 12.4. The van der Waals surface area contributed by atoms with Crippen LogP contribution in [0, 0.1) is 0 Å². The molecule has 0 saturated carbocycles. The van der Waals surface area contributed by atoms with Crippen LogP contribution in [0.3, 0.4) is 0 Å². The lowest BCUT2D eigenvalue weighted by atomic mass is 10.1. The molecule has 1 saturated heterocycles. The molecule has 1 aromatic carbocycles. The Morgan fingerprint density at radius 2 is 2.22 bits per heavy atom. The van der Waals surface area contributed by atoms with Crippen molar-refractivity contribution in [3.05, 3.63) is 28.8 Å². The van der Waals surface area contributed by atoms with Crippen molar-refractivity contribution in [2.45, 2.75) is 38.6 Å². The molecule has 1 aliphatic rings. The van der Waals surface area contributed by atoms with Gasteiger partial charge in [0.15, 0.2) is 0 Å². The highest BCUT2D eigenvalue weighted by Crippen LogP contribution is 2.23. The number of benzene rings is 1. The number of methoxy groups -OCH3 is 1. The van der Waals surface area contributed by atoms with Crippen molar-refractivity contribution >= 4 is 23.4 Å². The zero-order valence-electron chi connectivity index (χ0n) is 13.6. The number of carbonyl (C=O) groups is 2. The summed E-state index contributed by atoms with van der Waals surface area (Å²) >= 11 is 6.14. The Balaban J connectivity index is 1.99. The van der Waals surface area contributed by atoms with Crippen molar-refractivity contribution in [2.24, 2.45) is 0 Å². The Labute approximate surface area is 141 Å². The molecule has 23 heavy (non-hydrogen) atoms. The molecule has 0 bridgehead atoms. The van der Waals surface area contributed by atoms with Crippen molar-refractivity contribution < 1.29 is 14.3 Å². The fourth-order valence-electron chi connectivity index (χ4n) is 2.76. The second kappa shape index (κ2) is 8.20. The Morgan fingerprint density at radius 1 is 1.43 bits per heavy atom. The summed E-state index contributed by atoms with van der Waals surface area (Å²) in [6.07, 6.45) is 2.86. The summed E-state index contributed by atoms with van der Waals surface area (Å²) in [4.78, 5) is 26.3. The first-order chi connectivity index (χ1) is 11.0. The smallest absolute Gasteiger partial charge is 0.253 e. The normalized spacial score (nSPS) is 18.5. The van der Waals surface area contributed by atoms with Gasteiger partial charge in [0.2, 0.25) is 5.91 Å². The molecule has 0 spiro atoms. The number of nitrogens with one attached hydrogen (secondary N) is 1. The van der Waals surface area contributed by atoms with E-state index in [-0.39, 0.29) is 17.9 Å². The van der Waals surface area contributed by atoms with E-state index in [1.807, 2.05) is 4.90 Å². The molecule has 0 aromatic heterocycles. The average molecular weight is 339 g/mol. The van der Waals surface area contributed by atoms with Gasteiger partial charge in [0.25, 0.3) is 5.91 Å². The summed E-state index contributed by atoms with van der Waals surface area (Å²) in [6.45, 7) is 3.53. The monoisotopic (exact) mass is 338 g/mol. The summed E-state index contributed by atoms with van der Waals surface area (Å²) in [5.41, 5.74) is 0.424. The molecule has 1 atom stereocenters. The lowest BCUT2D eigenvalue weighted by molar-refractivity contribution is -0.130. The van der Waals surface area contributed by atoms with Gasteiger partial charge in [-0.05, 0) is 37.5 Å². The van der Waals surface area contributed by atoms with Gasteiger partial charge in [0, 0.05) is 25.6 Å². The topological polar surface area (TPSA) is 58.6 Å². The van der Waals surface area contributed by atoms with Gasteiger partial charge < -0.3 is 15.0 Å². The quantitative estimate of drug-likeness (QED) is 0.898. The molecule has 0 radical (unpaired) electrons. The predicted molar refractivity (Wildman–Crippen MR) is 90.0 cm³/mol. The van der Waals surface area contributed by atoms with E-state index in [2.05, 4.69) is 12.2 Å². The summed E-state index contributed by atoms with van der Waals surface area (Å²) in [5, 5.41) is 3.35. The van der Waals surface area contributed by atoms with Gasteiger partial charge in [-0.2, -0.15) is 0 Å². The van der Waals surface area contributed by atoms with Crippen molar-refractivity contribution in [2.75, 3.05) is 20.2 Å². The maximum Gasteiger partial charge on any atom is 0.253 e. The molecule has 126 valence electrons. The van der Waals surface area contributed by atoms with Gasteiger partial charge in [0.05, 0.1) is 17.7 Å². The zero-order valence-corrected chi connectivity index (χ0v) is 14.4. The lowest BCUT2D eigenvalue weighted by Gasteiger charge is -2.20. The molecule has 0 aliphatic carbocycles. The summed E-state index contributed by atoms with van der Waals surface area (Å²) < 4.78 is 5.08. The van der Waals surface area contributed by atoms with E-state index in [4.69, 9.17) is 16.3 Å². The van der Waals surface area contributed by atoms with Gasteiger partial charge in [-0.15, -0.1) is 0 Å². The molecule has 1 aromatic rings. The van der Waals surface area contributed by atoms with Crippen LogP contribution in [-0.2, 0) is 4.79 Å². The molecule has 1 fully saturated rings. The number of ether oxygens (including phenoxy) is 1. The lowest BCUT2D eigenvalue weighted by Crippen LogP contribution is -2.36. The van der Waals surface area contributed by atoms with E-state index >= 15 is 0 Å². The number of nitrogens with zero attached hydrogens (tertiary/aromatic N) is 1. The standard InChI is InChI=1S/C17H23ClN2O3/c1-3-9-20-10-8-12(4-7-16(20)21)19-17(22)14-6-5-13(23-2)11-15(14)18/h5-6,11-12H,3-4,7-10H2,1-2H3,(H,19,22). The van der Waals surface area contributed by atoms with Crippen molar-refractivity contribution in [1.82, 2.24) is 10.2 Å². The first-order valence-corrected chi connectivity index (χ1v) is 8.35. The second-order valence-corrected chi connectivity index (χ2v) is 6.13. The number of carbonyl (C=O) groups excluding carboxylic acids is 2. The minimum atomic E-state index is -0.209. The average Bonchev–Trinajstić information content (AvgIpc) is 2.70. The first kappa shape index (κ1) is 17.6. The van der Waals surface area contributed by atoms with Crippen molar-refractivity contribution in [3.63, 3.8) is 0 Å². The zero-order chi connectivity index (χ0) is 16.8. The first-order valence-electron chi connectivity index (χ1n) is 7.97. The largest absolute Gasteiger partial charge is 0.497 e. The number of hydrogen-bond donors (Lipinski definition) is 1. The van der Waals surface area contributed by atoms with Crippen LogP contribution in [-0.4, -0.2) is 43.0 Å². The number of amides is 2. The highest BCUT2D eigenvalue weighted by molar-refractivity contribution is 6.34. The Kier molecular flexibility index (Phi) is 6.28. The summed E-state index contributed by atoms with van der Waals surface area (Å²) in [6, 6.07) is 4.98. The minimum Gasteiger partial charge on any atom is -0.497 e. The van der Waals surface area contributed by atoms with Crippen LogP contribution < -0.4 is 10.1 Å². The number of rotatable bonds is 5. The van der Waals surface area contributed by atoms with Gasteiger partial charge in [-0.25, -0.2) is 0 Å². The van der Waals surface area contributed by atoms with Gasteiger partial charge in [-0.3, -0.25) is 9.59 Å². The number of halogens is 1. The fraction of sp³-hybridized carbons (Fsp3) is 0.529. The molecule has 1 aliphatic heterocycles. The van der Waals surface area contributed by atoms with Gasteiger partial charge in [-0.1, -0.05) is 18.5 Å². The third-order valence-electron chi connectivity index (χ3n) is 4.06. The van der Waals surface area contributed by atoms with E-state index in [0.29, 0.717) is 35.7 Å². The molecule has 2 rings (SSSR count). The minimum absolute atomic E-state index is 0.00789. The van der Waals surface area contributed by atoms with Crippen molar-refractivity contribution in [3.8, 4) is 5.75 Å². The van der Waals surface area contributed by atoms with Gasteiger partial charge in [0.1, 0.15) is 5.75 Å². The fourth-order valence-corrected chi connectivity index (χ4v) is 3.01. The van der Waals surface area contributed by atoms with Crippen molar-refractivity contribution in [1.29, 1.82) is 0 Å². The summed E-state index contributed by atoms with van der Waals surface area (Å²) in [5.74, 6) is 0.576. The van der Waals surface area contributed by atoms with Crippen LogP contribution in [0.5, 0.6) is 5.75 Å². The van der Waals surface area contributed by atoms with Gasteiger partial charge >= 0.3 is 0 Å². The molecule has 1 N–H and O–H groups in total. The van der Waals surface area contributed by atoms with Crippen LogP contribution in [0.15, 0.2) is 18.2 Å². The molecule has 1 heterocycles. The molecule has 5 nitrogen and oxygen atoms in total. The van der Waals surface area contributed by atoms with Crippen LogP contribution in [0.1, 0.15) is 43.0 Å². The predicted octanol–water partition coefficient (Wildman–Crippen LogP) is 2.87. The molecular formula is C17H23ClN2O3. The molecule has 6 heteroatoms. The van der Waals surface area contributed by atoms with E-state index in [1.165, 1.54) is 0 Å². The number of likely N-dealkylation sites (tertiary alicyclic amines) is 1. The Morgan fingerprint density at radius 3 is 2.87 bits per heavy atom. The molecule has 2 amide bonds. The van der Waals surface area contributed by atoms with E-state index < -0.39 is 0 Å². The highest BCUT2D eigenvalue weighted by atomic mass is 35.5. The van der Waals surface area contributed by atoms with E-state index in [0.717, 1.165) is 19.4 Å².